The number of hydrogen-bond acceptors (Lipinski definition) is 9. The van der Waals surface area contributed by atoms with E-state index >= 15 is 0 Å². The summed E-state index contributed by atoms with van der Waals surface area (Å²) in [6.45, 7) is 0. The van der Waals surface area contributed by atoms with Crippen molar-refractivity contribution in [2.75, 3.05) is 0 Å². The van der Waals surface area contributed by atoms with Gasteiger partial charge in [0, 0.05) is 58.6 Å². The van der Waals surface area contributed by atoms with Crippen molar-refractivity contribution in [2.45, 2.75) is 35.7 Å². The number of rotatable bonds is 4. The summed E-state index contributed by atoms with van der Waals surface area (Å²) in [5, 5.41) is 87.6. The van der Waals surface area contributed by atoms with Crippen molar-refractivity contribution in [3.8, 4) is 51.7 Å². The summed E-state index contributed by atoms with van der Waals surface area (Å²) >= 11 is 0. The van der Waals surface area contributed by atoms with E-state index in [2.05, 4.69) is 0 Å². The molecule has 0 unspecified atom stereocenters. The maximum absolute atomic E-state index is 12.1. The minimum atomic E-state index is -0.693. The summed E-state index contributed by atoms with van der Waals surface area (Å²) in [5.74, 6) is -3.08. The molecular weight excluding hydrogens is 648 g/mol. The number of ether oxygens (including phenoxy) is 1. The Balaban J connectivity index is 1.44. The molecule has 1 heterocycles. The van der Waals surface area contributed by atoms with Gasteiger partial charge in [-0.25, -0.2) is 0 Å². The summed E-state index contributed by atoms with van der Waals surface area (Å²) in [7, 11) is 0. The average molecular weight is 681 g/mol. The van der Waals surface area contributed by atoms with E-state index in [1.165, 1.54) is 12.1 Å². The van der Waals surface area contributed by atoms with Gasteiger partial charge in [0.05, 0.1) is 5.92 Å². The van der Waals surface area contributed by atoms with E-state index in [9.17, 15) is 40.9 Å². The van der Waals surface area contributed by atoms with E-state index in [1.807, 2.05) is 0 Å². The molecule has 8 N–H and O–H groups in total. The molecule has 0 bridgehead atoms. The van der Waals surface area contributed by atoms with Crippen molar-refractivity contribution in [2.24, 2.45) is 0 Å². The SMILES string of the molecule is Oc1ccc([C@H]2c3c(O)cc4c5c3[C@@H]([C@@H](c3ccc(O)cc3)c3c(O)cc(O)cc3[C@@H]5[C@@H](c3ccc(O)cc3)O4)[C@@H]2c2cc(O)cc(O)c2)cc1. The molecule has 254 valence electrons. The molecule has 6 aromatic carbocycles. The maximum Gasteiger partial charge on any atom is 0.135 e. The van der Waals surface area contributed by atoms with Gasteiger partial charge in [0.2, 0.25) is 0 Å². The Morgan fingerprint density at radius 2 is 0.843 bits per heavy atom. The lowest BCUT2D eigenvalue weighted by atomic mass is 9.69. The molecule has 0 saturated carbocycles. The molecule has 9 heteroatoms. The van der Waals surface area contributed by atoms with Gasteiger partial charge in [0.25, 0.3) is 0 Å². The summed E-state index contributed by atoms with van der Waals surface area (Å²) in [6, 6.07) is 29.0. The molecule has 0 fully saturated rings. The molecule has 1 aliphatic heterocycles. The Hall–Kier alpha value is -6.48. The monoisotopic (exact) mass is 680 g/mol. The zero-order valence-corrected chi connectivity index (χ0v) is 26.8. The summed E-state index contributed by atoms with van der Waals surface area (Å²) in [4.78, 5) is 0. The fraction of sp³-hybridized carbons (Fsp3) is 0.143. The van der Waals surface area contributed by atoms with E-state index in [0.29, 0.717) is 28.0 Å². The van der Waals surface area contributed by atoms with Gasteiger partial charge < -0.3 is 45.6 Å². The van der Waals surface area contributed by atoms with E-state index in [4.69, 9.17) is 4.74 Å². The molecule has 0 aromatic heterocycles. The highest BCUT2D eigenvalue weighted by Crippen LogP contribution is 2.70. The largest absolute Gasteiger partial charge is 0.508 e. The smallest absolute Gasteiger partial charge is 0.135 e. The fourth-order valence-electron chi connectivity index (χ4n) is 9.08. The molecule has 6 atom stereocenters. The van der Waals surface area contributed by atoms with Gasteiger partial charge in [-0.3, -0.25) is 0 Å². The van der Waals surface area contributed by atoms with Gasteiger partial charge in [-0.05, 0) is 88.0 Å². The van der Waals surface area contributed by atoms with Crippen molar-refractivity contribution < 1.29 is 45.6 Å². The van der Waals surface area contributed by atoms with E-state index < -0.39 is 35.7 Å². The minimum absolute atomic E-state index is 0.0358. The zero-order chi connectivity index (χ0) is 35.3. The lowest BCUT2D eigenvalue weighted by Crippen LogP contribution is -2.20. The molecule has 3 aliphatic rings. The number of phenols is 8. The Labute approximate surface area is 291 Å². The van der Waals surface area contributed by atoms with Gasteiger partial charge >= 0.3 is 0 Å². The second-order valence-corrected chi connectivity index (χ2v) is 13.7. The van der Waals surface area contributed by atoms with Crippen LogP contribution in [-0.2, 0) is 0 Å². The van der Waals surface area contributed by atoms with Crippen LogP contribution in [0.3, 0.4) is 0 Å². The number of benzene rings is 6. The molecule has 0 amide bonds. The molecular formula is C42H32O9. The third-order valence-corrected chi connectivity index (χ3v) is 10.9. The third kappa shape index (κ3) is 4.61. The van der Waals surface area contributed by atoms with Crippen LogP contribution >= 0.6 is 0 Å². The van der Waals surface area contributed by atoms with Crippen molar-refractivity contribution in [1.29, 1.82) is 0 Å². The zero-order valence-electron chi connectivity index (χ0n) is 26.8. The molecule has 0 saturated heterocycles. The number of hydrogen-bond donors (Lipinski definition) is 8. The third-order valence-electron chi connectivity index (χ3n) is 10.9. The Bertz CT molecular complexity index is 2330. The van der Waals surface area contributed by atoms with Gasteiger partial charge in [0.1, 0.15) is 57.8 Å². The second-order valence-electron chi connectivity index (χ2n) is 13.7. The predicted octanol–water partition coefficient (Wildman–Crippen LogP) is 7.76. The maximum atomic E-state index is 12.1. The van der Waals surface area contributed by atoms with Crippen LogP contribution in [0.1, 0.15) is 85.8 Å². The van der Waals surface area contributed by atoms with Crippen molar-refractivity contribution in [3.05, 3.63) is 159 Å². The fourth-order valence-corrected chi connectivity index (χ4v) is 9.08. The Morgan fingerprint density at radius 1 is 0.353 bits per heavy atom. The predicted molar refractivity (Wildman–Crippen MR) is 186 cm³/mol. The molecule has 0 radical (unpaired) electrons. The average Bonchev–Trinajstić information content (AvgIpc) is 3.60. The Kier molecular flexibility index (Phi) is 6.60. The van der Waals surface area contributed by atoms with Crippen LogP contribution in [0.25, 0.3) is 0 Å². The highest BCUT2D eigenvalue weighted by atomic mass is 16.5. The first-order valence-electron chi connectivity index (χ1n) is 16.6. The number of fused-ring (bicyclic) bond motifs is 2. The highest BCUT2D eigenvalue weighted by Gasteiger charge is 2.56. The van der Waals surface area contributed by atoms with Crippen LogP contribution in [0.2, 0.25) is 0 Å². The van der Waals surface area contributed by atoms with E-state index in [-0.39, 0.29) is 46.0 Å². The normalized spacial score (nSPS) is 22.5. The van der Waals surface area contributed by atoms with Crippen LogP contribution in [-0.4, -0.2) is 40.9 Å². The van der Waals surface area contributed by atoms with Crippen LogP contribution in [0, 0.1) is 0 Å². The van der Waals surface area contributed by atoms with Crippen LogP contribution in [0.5, 0.6) is 51.7 Å². The number of phenolic OH excluding ortho intramolecular Hbond substituents is 8. The minimum Gasteiger partial charge on any atom is -0.508 e. The first-order valence-corrected chi connectivity index (χ1v) is 16.6. The van der Waals surface area contributed by atoms with Crippen LogP contribution in [0.15, 0.2) is 109 Å². The first kappa shape index (κ1) is 30.6. The molecule has 51 heavy (non-hydrogen) atoms. The topological polar surface area (TPSA) is 171 Å². The van der Waals surface area contributed by atoms with Crippen LogP contribution < -0.4 is 4.74 Å². The lowest BCUT2D eigenvalue weighted by molar-refractivity contribution is 0.221. The first-order chi connectivity index (χ1) is 24.6. The van der Waals surface area contributed by atoms with Gasteiger partial charge in [-0.1, -0.05) is 36.4 Å². The molecule has 9 rings (SSSR count). The van der Waals surface area contributed by atoms with Gasteiger partial charge in [-0.15, -0.1) is 0 Å². The van der Waals surface area contributed by atoms with E-state index in [1.54, 1.807) is 97.1 Å². The molecule has 0 spiro atoms. The molecule has 9 nitrogen and oxygen atoms in total. The van der Waals surface area contributed by atoms with Gasteiger partial charge in [0.15, 0.2) is 0 Å². The summed E-state index contributed by atoms with van der Waals surface area (Å²) in [5.41, 5.74) is 5.99. The van der Waals surface area contributed by atoms with Crippen molar-refractivity contribution in [1.82, 2.24) is 0 Å². The highest BCUT2D eigenvalue weighted by molar-refractivity contribution is 5.72. The standard InChI is InChI=1S/C42H32O9/c43-23-7-1-19(2-8-23)33-35(22-13-26(46)15-27(47)14-22)40-34(20-3-9-24(44)10-4-20)36-29(16-28(48)17-30(36)49)37-39-32(18-31(50)38(33)41(39)40)51-42(37)21-5-11-25(45)12-6-21/h1-18,33-35,37,40,42-50H/t33-,34+,35-,37+,40+,42-/m1/s1. The molecule has 6 aromatic rings. The van der Waals surface area contributed by atoms with Gasteiger partial charge in [-0.2, -0.15) is 0 Å². The Morgan fingerprint density at radius 3 is 1.41 bits per heavy atom. The van der Waals surface area contributed by atoms with Crippen LogP contribution in [0.4, 0.5) is 0 Å². The van der Waals surface area contributed by atoms with Crippen molar-refractivity contribution >= 4 is 0 Å². The number of aromatic hydroxyl groups is 8. The quantitative estimate of drug-likeness (QED) is 0.0927. The van der Waals surface area contributed by atoms with Crippen molar-refractivity contribution in [3.63, 3.8) is 0 Å². The summed E-state index contributed by atoms with van der Waals surface area (Å²) in [6.07, 6.45) is -0.693. The lowest BCUT2D eigenvalue weighted by Gasteiger charge is -2.34. The second kappa shape index (κ2) is 11.0. The molecule has 2 aliphatic carbocycles. The summed E-state index contributed by atoms with van der Waals surface area (Å²) < 4.78 is 6.70. The van der Waals surface area contributed by atoms with E-state index in [0.717, 1.165) is 27.8 Å².